The van der Waals surface area contributed by atoms with E-state index in [9.17, 15) is 0 Å². The minimum absolute atomic E-state index is 0.737. The average Bonchev–Trinajstić information content (AvgIpc) is 2.64. The van der Waals surface area contributed by atoms with Gasteiger partial charge in [0.1, 0.15) is 0 Å². The van der Waals surface area contributed by atoms with E-state index in [-0.39, 0.29) is 0 Å². The molecule has 0 bridgehead atoms. The number of aromatic nitrogens is 2. The first-order chi connectivity index (χ1) is 7.24. The minimum atomic E-state index is 0.737. The van der Waals surface area contributed by atoms with Crippen LogP contribution in [-0.2, 0) is 0 Å². The van der Waals surface area contributed by atoms with Crippen molar-refractivity contribution in [1.82, 2.24) is 15.1 Å². The molecule has 15 heavy (non-hydrogen) atoms. The molecule has 2 N–H and O–H groups in total. The summed E-state index contributed by atoms with van der Waals surface area (Å²) in [6.45, 7) is 3.44. The van der Waals surface area contributed by atoms with Gasteiger partial charge in [0.15, 0.2) is 3.95 Å². The molecule has 0 atom stereocenters. The molecule has 84 valence electrons. The van der Waals surface area contributed by atoms with Crippen LogP contribution in [0.5, 0.6) is 0 Å². The second-order valence-corrected chi connectivity index (χ2v) is 5.71. The highest BCUT2D eigenvalue weighted by atomic mass is 32.1. The number of aromatic amines is 1. The number of hydrogen-bond donors (Lipinski definition) is 2. The van der Waals surface area contributed by atoms with Gasteiger partial charge in [-0.3, -0.25) is 5.10 Å². The van der Waals surface area contributed by atoms with Gasteiger partial charge in [-0.05, 0) is 51.1 Å². The lowest BCUT2D eigenvalue weighted by Gasteiger charge is -2.28. The molecule has 1 saturated heterocycles. The Hall–Kier alpha value is -0.460. The lowest BCUT2D eigenvalue weighted by atomic mass is 9.97. The first-order valence-corrected chi connectivity index (χ1v) is 6.44. The van der Waals surface area contributed by atoms with E-state index in [0.717, 1.165) is 21.5 Å². The summed E-state index contributed by atoms with van der Waals surface area (Å²) in [4.78, 5) is 2.38. The zero-order valence-electron chi connectivity index (χ0n) is 8.82. The fourth-order valence-electron chi connectivity index (χ4n) is 1.80. The molecule has 1 aromatic rings. The van der Waals surface area contributed by atoms with Crippen LogP contribution in [0.25, 0.3) is 0 Å². The summed E-state index contributed by atoms with van der Waals surface area (Å²) >= 11 is 6.48. The Morgan fingerprint density at radius 2 is 2.33 bits per heavy atom. The molecule has 0 amide bonds. The van der Waals surface area contributed by atoms with Crippen molar-refractivity contribution < 1.29 is 0 Å². The lowest BCUT2D eigenvalue weighted by Crippen LogP contribution is -2.32. The van der Waals surface area contributed by atoms with Gasteiger partial charge in [0.05, 0.1) is 0 Å². The van der Waals surface area contributed by atoms with E-state index in [1.54, 1.807) is 0 Å². The summed E-state index contributed by atoms with van der Waals surface area (Å²) in [5.74, 6) is 0.777. The molecule has 0 saturated carbocycles. The molecule has 1 aliphatic heterocycles. The Labute approximate surface area is 98.7 Å². The Balaban J connectivity index is 1.76. The van der Waals surface area contributed by atoms with Crippen LogP contribution in [0, 0.1) is 9.87 Å². The number of nitrogens with one attached hydrogen (secondary N) is 2. The maximum absolute atomic E-state index is 4.97. The number of H-pyrrole nitrogens is 1. The molecule has 0 unspecified atom stereocenters. The van der Waals surface area contributed by atoms with Gasteiger partial charge in [-0.15, -0.1) is 5.10 Å². The largest absolute Gasteiger partial charge is 0.360 e. The van der Waals surface area contributed by atoms with Gasteiger partial charge in [-0.2, -0.15) is 0 Å². The SMILES string of the molecule is CN1CCC(CNc2n[nH]c(=S)s2)CC1. The summed E-state index contributed by atoms with van der Waals surface area (Å²) < 4.78 is 0.737. The van der Waals surface area contributed by atoms with E-state index in [4.69, 9.17) is 12.2 Å². The van der Waals surface area contributed by atoms with Crippen LogP contribution >= 0.6 is 23.6 Å². The maximum Gasteiger partial charge on any atom is 0.204 e. The maximum atomic E-state index is 4.97. The third-order valence-corrected chi connectivity index (χ3v) is 3.87. The molecule has 4 nitrogen and oxygen atoms in total. The van der Waals surface area contributed by atoms with Crippen LogP contribution < -0.4 is 5.32 Å². The molecule has 0 aromatic carbocycles. The monoisotopic (exact) mass is 244 g/mol. The molecule has 0 spiro atoms. The second-order valence-electron chi connectivity index (χ2n) is 4.05. The van der Waals surface area contributed by atoms with Crippen molar-refractivity contribution in [1.29, 1.82) is 0 Å². The van der Waals surface area contributed by atoms with Crippen molar-refractivity contribution in [3.05, 3.63) is 3.95 Å². The van der Waals surface area contributed by atoms with Gasteiger partial charge in [-0.25, -0.2) is 0 Å². The number of likely N-dealkylation sites (tertiary alicyclic amines) is 1. The highest BCUT2D eigenvalue weighted by molar-refractivity contribution is 7.73. The van der Waals surface area contributed by atoms with E-state index in [2.05, 4.69) is 27.5 Å². The van der Waals surface area contributed by atoms with Crippen molar-refractivity contribution in [2.75, 3.05) is 32.0 Å². The smallest absolute Gasteiger partial charge is 0.204 e. The number of hydrogen-bond acceptors (Lipinski definition) is 5. The third-order valence-electron chi connectivity index (χ3n) is 2.82. The number of nitrogens with zero attached hydrogens (tertiary/aromatic N) is 2. The Morgan fingerprint density at radius 1 is 1.60 bits per heavy atom. The molecule has 1 aromatic heterocycles. The Kier molecular flexibility index (Phi) is 3.71. The standard InChI is InChI=1S/C9H16N4S2/c1-13-4-2-7(3-5-13)6-10-8-11-12-9(14)15-8/h7H,2-6H2,1H3,(H,10,11)(H,12,14). The number of anilines is 1. The van der Waals surface area contributed by atoms with Crippen LogP contribution in [0.1, 0.15) is 12.8 Å². The summed E-state index contributed by atoms with van der Waals surface area (Å²) in [6, 6.07) is 0. The average molecular weight is 244 g/mol. The van der Waals surface area contributed by atoms with Gasteiger partial charge >= 0.3 is 0 Å². The molecule has 6 heteroatoms. The molecule has 0 radical (unpaired) electrons. The second kappa shape index (κ2) is 5.05. The lowest BCUT2D eigenvalue weighted by molar-refractivity contribution is 0.226. The Bertz CT molecular complexity index is 351. The van der Waals surface area contributed by atoms with Gasteiger partial charge < -0.3 is 10.2 Å². The normalized spacial score (nSPS) is 19.3. The summed E-state index contributed by atoms with van der Waals surface area (Å²) in [5, 5.41) is 11.1. The number of rotatable bonds is 3. The zero-order chi connectivity index (χ0) is 10.7. The molecule has 1 aliphatic rings. The van der Waals surface area contributed by atoms with Crippen LogP contribution in [0.4, 0.5) is 5.13 Å². The summed E-state index contributed by atoms with van der Waals surface area (Å²) in [7, 11) is 2.18. The predicted octanol–water partition coefficient (Wildman–Crippen LogP) is 1.95. The fourth-order valence-corrected chi connectivity index (χ4v) is 2.60. The first kappa shape index (κ1) is 11.0. The summed E-state index contributed by atoms with van der Waals surface area (Å²) in [6.07, 6.45) is 2.55. The van der Waals surface area contributed by atoms with Crippen LogP contribution in [-0.4, -0.2) is 41.8 Å². The van der Waals surface area contributed by atoms with E-state index >= 15 is 0 Å². The van der Waals surface area contributed by atoms with Crippen molar-refractivity contribution in [2.24, 2.45) is 5.92 Å². The van der Waals surface area contributed by atoms with E-state index in [1.807, 2.05) is 0 Å². The van der Waals surface area contributed by atoms with Crippen LogP contribution in [0.15, 0.2) is 0 Å². The van der Waals surface area contributed by atoms with E-state index in [1.165, 1.54) is 37.3 Å². The quantitative estimate of drug-likeness (QED) is 0.798. The van der Waals surface area contributed by atoms with Gasteiger partial charge in [0, 0.05) is 6.54 Å². The molecular weight excluding hydrogens is 228 g/mol. The van der Waals surface area contributed by atoms with Gasteiger partial charge in [-0.1, -0.05) is 11.3 Å². The number of piperidine rings is 1. The molecule has 2 rings (SSSR count). The Morgan fingerprint density at radius 3 is 2.93 bits per heavy atom. The topological polar surface area (TPSA) is 44.0 Å². The minimum Gasteiger partial charge on any atom is -0.360 e. The highest BCUT2D eigenvalue weighted by Gasteiger charge is 2.16. The van der Waals surface area contributed by atoms with E-state index in [0.29, 0.717) is 0 Å². The van der Waals surface area contributed by atoms with Crippen molar-refractivity contribution >= 4 is 28.7 Å². The molecule has 0 aliphatic carbocycles. The third kappa shape index (κ3) is 3.25. The van der Waals surface area contributed by atoms with E-state index < -0.39 is 0 Å². The van der Waals surface area contributed by atoms with Gasteiger partial charge in [0.25, 0.3) is 0 Å². The molecular formula is C9H16N4S2. The predicted molar refractivity (Wildman–Crippen MR) is 66.0 cm³/mol. The summed E-state index contributed by atoms with van der Waals surface area (Å²) in [5.41, 5.74) is 0. The first-order valence-electron chi connectivity index (χ1n) is 5.22. The van der Waals surface area contributed by atoms with Crippen LogP contribution in [0.2, 0.25) is 0 Å². The molecule has 2 heterocycles. The van der Waals surface area contributed by atoms with Crippen molar-refractivity contribution in [3.8, 4) is 0 Å². The fraction of sp³-hybridized carbons (Fsp3) is 0.778. The van der Waals surface area contributed by atoms with Gasteiger partial charge in [0.2, 0.25) is 5.13 Å². The van der Waals surface area contributed by atoms with Crippen LogP contribution in [0.3, 0.4) is 0 Å². The highest BCUT2D eigenvalue weighted by Crippen LogP contribution is 2.18. The molecule has 1 fully saturated rings. The van der Waals surface area contributed by atoms with Crippen molar-refractivity contribution in [2.45, 2.75) is 12.8 Å². The zero-order valence-corrected chi connectivity index (χ0v) is 10.5. The van der Waals surface area contributed by atoms with Crippen molar-refractivity contribution in [3.63, 3.8) is 0 Å².